The van der Waals surface area contributed by atoms with Crippen LogP contribution < -0.4 is 0 Å². The van der Waals surface area contributed by atoms with Crippen LogP contribution in [0.15, 0.2) is 16.4 Å². The molecule has 0 aliphatic carbocycles. The van der Waals surface area contributed by atoms with Gasteiger partial charge in [0.1, 0.15) is 0 Å². The summed E-state index contributed by atoms with van der Waals surface area (Å²) in [6, 6.07) is 1.62. The average Bonchev–Trinajstić information content (AvgIpc) is 2.36. The maximum atomic E-state index is 9.89. The maximum Gasteiger partial charge on any atom is 0.235 e. The Labute approximate surface area is 73.5 Å². The second kappa shape index (κ2) is 3.67. The Morgan fingerprint density at radius 3 is 3.00 bits per heavy atom. The van der Waals surface area contributed by atoms with Gasteiger partial charge in [0, 0.05) is 4.88 Å². The van der Waals surface area contributed by atoms with Gasteiger partial charge in [0.05, 0.1) is 11.1 Å². The zero-order valence-corrected chi connectivity index (χ0v) is 7.45. The van der Waals surface area contributed by atoms with Crippen molar-refractivity contribution >= 4 is 29.0 Å². The molecule has 1 rings (SSSR count). The second-order valence-corrected chi connectivity index (χ2v) is 3.38. The number of hydrogen-bond acceptors (Lipinski definition) is 3. The zero-order chi connectivity index (χ0) is 8.27. The van der Waals surface area contributed by atoms with Crippen molar-refractivity contribution in [1.82, 2.24) is 0 Å². The minimum absolute atomic E-state index is 0.167. The molecule has 1 aromatic heterocycles. The van der Waals surface area contributed by atoms with Gasteiger partial charge < -0.3 is 0 Å². The summed E-state index contributed by atoms with van der Waals surface area (Å²) in [5.41, 5.74) is 0. The summed E-state index contributed by atoms with van der Waals surface area (Å²) < 4.78 is 0. The van der Waals surface area contributed by atoms with Gasteiger partial charge in [0.2, 0.25) is 6.08 Å². The van der Waals surface area contributed by atoms with E-state index < -0.39 is 0 Å². The fourth-order valence-corrected chi connectivity index (χ4v) is 1.95. The summed E-state index contributed by atoms with van der Waals surface area (Å²) in [6.45, 7) is 1.81. The van der Waals surface area contributed by atoms with E-state index in [9.17, 15) is 4.79 Å². The first kappa shape index (κ1) is 8.47. The van der Waals surface area contributed by atoms with Gasteiger partial charge in [0.15, 0.2) is 0 Å². The van der Waals surface area contributed by atoms with Crippen LogP contribution in [0.2, 0.25) is 5.02 Å². The topological polar surface area (TPSA) is 29.4 Å². The molecule has 0 aliphatic rings. The molecule has 0 bridgehead atoms. The van der Waals surface area contributed by atoms with E-state index in [4.69, 9.17) is 11.6 Å². The van der Waals surface area contributed by atoms with E-state index in [2.05, 4.69) is 4.99 Å². The third kappa shape index (κ3) is 1.90. The molecule has 0 fully saturated rings. The minimum Gasteiger partial charge on any atom is -0.211 e. The Hall–Kier alpha value is -0.630. The molecule has 4 heteroatoms. The molecule has 11 heavy (non-hydrogen) atoms. The van der Waals surface area contributed by atoms with Crippen molar-refractivity contribution in [3.05, 3.63) is 21.3 Å². The van der Waals surface area contributed by atoms with Crippen molar-refractivity contribution < 1.29 is 4.79 Å². The number of halogens is 1. The van der Waals surface area contributed by atoms with E-state index in [1.54, 1.807) is 6.07 Å². The number of aliphatic imine (C=N–C) groups is 1. The fraction of sp³-hybridized carbons (Fsp3) is 0.286. The van der Waals surface area contributed by atoms with E-state index >= 15 is 0 Å². The van der Waals surface area contributed by atoms with Crippen LogP contribution in [0.25, 0.3) is 0 Å². The number of carbonyl (C=O) groups excluding carboxylic acids is 1. The predicted molar refractivity (Wildman–Crippen MR) is 45.9 cm³/mol. The minimum atomic E-state index is -0.167. The van der Waals surface area contributed by atoms with Crippen LogP contribution in [0.1, 0.15) is 17.8 Å². The van der Waals surface area contributed by atoms with E-state index in [0.717, 1.165) is 4.88 Å². The Morgan fingerprint density at radius 1 is 1.82 bits per heavy atom. The first-order valence-electron chi connectivity index (χ1n) is 3.05. The largest absolute Gasteiger partial charge is 0.235 e. The van der Waals surface area contributed by atoms with Crippen molar-refractivity contribution in [3.8, 4) is 0 Å². The van der Waals surface area contributed by atoms with Gasteiger partial charge in [0.25, 0.3) is 0 Å². The van der Waals surface area contributed by atoms with Crippen LogP contribution in [0, 0.1) is 0 Å². The molecule has 1 heterocycles. The third-order valence-electron chi connectivity index (χ3n) is 1.27. The third-order valence-corrected chi connectivity index (χ3v) is 2.80. The number of nitrogens with zero attached hydrogens (tertiary/aromatic N) is 1. The Morgan fingerprint density at radius 2 is 2.55 bits per heavy atom. The first-order chi connectivity index (χ1) is 5.25. The number of isocyanates is 1. The predicted octanol–water partition coefficient (Wildman–Crippen LogP) is 2.80. The van der Waals surface area contributed by atoms with Crippen molar-refractivity contribution in [2.75, 3.05) is 0 Å². The highest BCUT2D eigenvalue weighted by molar-refractivity contribution is 7.10. The molecule has 1 atom stereocenters. The van der Waals surface area contributed by atoms with Gasteiger partial charge in [-0.25, -0.2) is 4.79 Å². The van der Waals surface area contributed by atoms with Crippen molar-refractivity contribution in [1.29, 1.82) is 0 Å². The highest BCUT2D eigenvalue weighted by Crippen LogP contribution is 2.29. The summed E-state index contributed by atoms with van der Waals surface area (Å²) in [5, 5.41) is 2.54. The van der Waals surface area contributed by atoms with Gasteiger partial charge in [-0.2, -0.15) is 4.99 Å². The van der Waals surface area contributed by atoms with Crippen LogP contribution in [-0.4, -0.2) is 6.08 Å². The molecule has 0 amide bonds. The molecule has 0 radical (unpaired) electrons. The van der Waals surface area contributed by atoms with Crippen molar-refractivity contribution in [3.63, 3.8) is 0 Å². The molecule has 58 valence electrons. The monoisotopic (exact) mass is 187 g/mol. The smallest absolute Gasteiger partial charge is 0.211 e. The summed E-state index contributed by atoms with van der Waals surface area (Å²) >= 11 is 7.28. The van der Waals surface area contributed by atoms with Crippen LogP contribution >= 0.6 is 22.9 Å². The SMILES string of the molecule is CC(N=C=O)c1sccc1Cl. The van der Waals surface area contributed by atoms with Crippen LogP contribution in [-0.2, 0) is 4.79 Å². The molecule has 1 unspecified atom stereocenters. The molecular weight excluding hydrogens is 182 g/mol. The lowest BCUT2D eigenvalue weighted by Crippen LogP contribution is -1.83. The molecule has 0 saturated carbocycles. The van der Waals surface area contributed by atoms with E-state index in [0.29, 0.717) is 5.02 Å². The molecule has 2 nitrogen and oxygen atoms in total. The van der Waals surface area contributed by atoms with Crippen LogP contribution in [0.4, 0.5) is 0 Å². The van der Waals surface area contributed by atoms with E-state index in [-0.39, 0.29) is 6.04 Å². The Bertz CT molecular complexity index is 290. The zero-order valence-electron chi connectivity index (χ0n) is 5.87. The van der Waals surface area contributed by atoms with Gasteiger partial charge in [-0.1, -0.05) is 11.6 Å². The lowest BCUT2D eigenvalue weighted by atomic mass is 10.3. The Kier molecular flexibility index (Phi) is 2.83. The Balaban J connectivity index is 2.92. The molecule has 0 N–H and O–H groups in total. The van der Waals surface area contributed by atoms with Gasteiger partial charge in [-0.15, -0.1) is 11.3 Å². The molecule has 0 aliphatic heterocycles. The van der Waals surface area contributed by atoms with Crippen molar-refractivity contribution in [2.45, 2.75) is 13.0 Å². The fourth-order valence-electron chi connectivity index (χ4n) is 0.741. The molecule has 0 aromatic carbocycles. The number of hydrogen-bond donors (Lipinski definition) is 0. The highest BCUT2D eigenvalue weighted by Gasteiger charge is 2.08. The summed E-state index contributed by atoms with van der Waals surface area (Å²) in [7, 11) is 0. The van der Waals surface area contributed by atoms with E-state index in [1.807, 2.05) is 12.3 Å². The summed E-state index contributed by atoms with van der Waals surface area (Å²) in [5.74, 6) is 0. The molecule has 0 saturated heterocycles. The van der Waals surface area contributed by atoms with Gasteiger partial charge in [-0.3, -0.25) is 0 Å². The quantitative estimate of drug-likeness (QED) is 0.517. The summed E-state index contributed by atoms with van der Waals surface area (Å²) in [6.07, 6.45) is 1.51. The highest BCUT2D eigenvalue weighted by atomic mass is 35.5. The second-order valence-electron chi connectivity index (χ2n) is 2.03. The standard InChI is InChI=1S/C7H6ClNOS/c1-5(9-4-10)7-6(8)2-3-11-7/h2-3,5H,1H3. The molecule has 1 aromatic rings. The normalized spacial score (nSPS) is 12.2. The number of thiophene rings is 1. The molecule has 0 spiro atoms. The molecular formula is C7H6ClNOS. The number of rotatable bonds is 2. The van der Waals surface area contributed by atoms with Crippen LogP contribution in [0.3, 0.4) is 0 Å². The summed E-state index contributed by atoms with van der Waals surface area (Å²) in [4.78, 5) is 14.4. The van der Waals surface area contributed by atoms with Crippen molar-refractivity contribution in [2.24, 2.45) is 4.99 Å². The average molecular weight is 188 g/mol. The van der Waals surface area contributed by atoms with Gasteiger partial charge >= 0.3 is 0 Å². The first-order valence-corrected chi connectivity index (χ1v) is 4.31. The van der Waals surface area contributed by atoms with E-state index in [1.165, 1.54) is 17.4 Å². The van der Waals surface area contributed by atoms with Crippen LogP contribution in [0.5, 0.6) is 0 Å². The lowest BCUT2D eigenvalue weighted by Gasteiger charge is -1.98. The van der Waals surface area contributed by atoms with Gasteiger partial charge in [-0.05, 0) is 18.4 Å². The lowest BCUT2D eigenvalue weighted by molar-refractivity contribution is 0.560. The maximum absolute atomic E-state index is 9.89.